The largest absolute Gasteiger partial charge is 0.381 e. The normalized spacial score (nSPS) is 22.9. The molecule has 4 rings (SSSR count). The summed E-state index contributed by atoms with van der Waals surface area (Å²) in [5.74, 6) is -2.85. The summed E-state index contributed by atoms with van der Waals surface area (Å²) in [5.41, 5.74) is 2.38. The van der Waals surface area contributed by atoms with Crippen LogP contribution in [0.1, 0.15) is 43.6 Å². The van der Waals surface area contributed by atoms with Gasteiger partial charge in [0.25, 0.3) is 11.8 Å². The van der Waals surface area contributed by atoms with Crippen LogP contribution in [0.25, 0.3) is 10.9 Å². The zero-order valence-electron chi connectivity index (χ0n) is 16.5. The highest BCUT2D eigenvalue weighted by atomic mass is 19.3. The standard InChI is InChI=1S/C21H28F2N4O/c1-14(2)27-8-5-17(13-27)24-16-3-4-18-15(11-16)12-19(25-18)20(28)26-9-6-21(22,23)7-10-26/h3-4,11-12,14,17,24-25H,5-10,13H2,1-2H3. The fourth-order valence-corrected chi connectivity index (χ4v) is 4.15. The molecule has 5 nitrogen and oxygen atoms in total. The van der Waals surface area contributed by atoms with Gasteiger partial charge >= 0.3 is 0 Å². The molecule has 1 aromatic carbocycles. The molecule has 2 aliphatic heterocycles. The van der Waals surface area contributed by atoms with Crippen molar-refractivity contribution >= 4 is 22.5 Å². The van der Waals surface area contributed by atoms with Crippen molar-refractivity contribution in [3.8, 4) is 0 Å². The van der Waals surface area contributed by atoms with Gasteiger partial charge in [0.2, 0.25) is 0 Å². The second-order valence-corrected chi connectivity index (χ2v) is 8.35. The molecule has 1 atom stereocenters. The molecular formula is C21H28F2N4O. The van der Waals surface area contributed by atoms with E-state index in [1.54, 1.807) is 0 Å². The van der Waals surface area contributed by atoms with Gasteiger partial charge in [0.1, 0.15) is 5.69 Å². The van der Waals surface area contributed by atoms with Crippen molar-refractivity contribution in [1.29, 1.82) is 0 Å². The minimum Gasteiger partial charge on any atom is -0.381 e. The van der Waals surface area contributed by atoms with Gasteiger partial charge in [0.15, 0.2) is 0 Å². The molecule has 1 aromatic heterocycles. The van der Waals surface area contributed by atoms with E-state index >= 15 is 0 Å². The number of fused-ring (bicyclic) bond motifs is 1. The van der Waals surface area contributed by atoms with E-state index in [1.807, 2.05) is 24.3 Å². The van der Waals surface area contributed by atoms with Crippen LogP contribution in [0, 0.1) is 0 Å². The zero-order valence-corrected chi connectivity index (χ0v) is 16.5. The van der Waals surface area contributed by atoms with Gasteiger partial charge in [-0.3, -0.25) is 9.69 Å². The Morgan fingerprint density at radius 1 is 1.21 bits per heavy atom. The van der Waals surface area contributed by atoms with E-state index in [1.165, 1.54) is 4.90 Å². The second-order valence-electron chi connectivity index (χ2n) is 8.35. The van der Waals surface area contributed by atoms with Crippen LogP contribution in [-0.4, -0.2) is 64.9 Å². The van der Waals surface area contributed by atoms with Crippen LogP contribution in [0.5, 0.6) is 0 Å². The maximum Gasteiger partial charge on any atom is 0.270 e. The van der Waals surface area contributed by atoms with E-state index in [0.717, 1.165) is 36.1 Å². The highest BCUT2D eigenvalue weighted by Crippen LogP contribution is 2.29. The first-order valence-electron chi connectivity index (χ1n) is 10.1. The molecule has 1 amide bonds. The van der Waals surface area contributed by atoms with Gasteiger partial charge in [0, 0.05) is 67.7 Å². The molecule has 7 heteroatoms. The summed E-state index contributed by atoms with van der Waals surface area (Å²) in [6, 6.07) is 8.84. The Morgan fingerprint density at radius 2 is 1.96 bits per heavy atom. The number of carbonyl (C=O) groups is 1. The molecule has 28 heavy (non-hydrogen) atoms. The number of amides is 1. The molecule has 0 bridgehead atoms. The predicted molar refractivity (Wildman–Crippen MR) is 107 cm³/mol. The van der Waals surface area contributed by atoms with Gasteiger partial charge in [-0.1, -0.05) is 0 Å². The molecule has 2 aliphatic rings. The molecule has 2 aromatic rings. The fraction of sp³-hybridized carbons (Fsp3) is 0.571. The van der Waals surface area contributed by atoms with Crippen LogP contribution < -0.4 is 5.32 Å². The average Bonchev–Trinajstić information content (AvgIpc) is 3.28. The van der Waals surface area contributed by atoms with E-state index in [-0.39, 0.29) is 31.8 Å². The summed E-state index contributed by atoms with van der Waals surface area (Å²) in [7, 11) is 0. The monoisotopic (exact) mass is 390 g/mol. The first kappa shape index (κ1) is 19.2. The number of hydrogen-bond donors (Lipinski definition) is 2. The number of anilines is 1. The van der Waals surface area contributed by atoms with Gasteiger partial charge in [-0.25, -0.2) is 8.78 Å². The molecule has 0 spiro atoms. The van der Waals surface area contributed by atoms with Crippen molar-refractivity contribution in [2.24, 2.45) is 0 Å². The highest BCUT2D eigenvalue weighted by Gasteiger charge is 2.36. The number of H-pyrrole nitrogens is 1. The highest BCUT2D eigenvalue weighted by molar-refractivity contribution is 5.98. The summed E-state index contributed by atoms with van der Waals surface area (Å²) < 4.78 is 26.7. The Balaban J connectivity index is 1.44. The Morgan fingerprint density at radius 3 is 2.64 bits per heavy atom. The van der Waals surface area contributed by atoms with Gasteiger partial charge < -0.3 is 15.2 Å². The van der Waals surface area contributed by atoms with E-state index < -0.39 is 5.92 Å². The molecule has 2 fully saturated rings. The van der Waals surface area contributed by atoms with E-state index in [9.17, 15) is 13.6 Å². The van der Waals surface area contributed by atoms with Crippen molar-refractivity contribution in [2.75, 3.05) is 31.5 Å². The number of hydrogen-bond acceptors (Lipinski definition) is 3. The molecule has 2 N–H and O–H groups in total. The minimum atomic E-state index is -2.65. The van der Waals surface area contributed by atoms with Crippen molar-refractivity contribution in [3.63, 3.8) is 0 Å². The van der Waals surface area contributed by atoms with Crippen LogP contribution in [0.2, 0.25) is 0 Å². The molecule has 1 unspecified atom stereocenters. The number of aromatic amines is 1. The SMILES string of the molecule is CC(C)N1CCC(Nc2ccc3[nH]c(C(=O)N4CCC(F)(F)CC4)cc3c2)C1. The molecule has 0 saturated carbocycles. The third-order valence-corrected chi connectivity index (χ3v) is 5.95. The number of rotatable bonds is 4. The molecule has 0 radical (unpaired) electrons. The molecule has 0 aliphatic carbocycles. The second kappa shape index (κ2) is 7.35. The number of piperidine rings is 1. The number of alkyl halides is 2. The summed E-state index contributed by atoms with van der Waals surface area (Å²) in [6.45, 7) is 6.78. The fourth-order valence-electron chi connectivity index (χ4n) is 4.15. The predicted octanol–water partition coefficient (Wildman–Crippen LogP) is 3.93. The van der Waals surface area contributed by atoms with Gasteiger partial charge in [-0.2, -0.15) is 0 Å². The first-order chi connectivity index (χ1) is 13.3. The lowest BCUT2D eigenvalue weighted by molar-refractivity contribution is -0.0495. The molecule has 3 heterocycles. The maximum atomic E-state index is 13.3. The van der Waals surface area contributed by atoms with Crippen LogP contribution in [-0.2, 0) is 0 Å². The lowest BCUT2D eigenvalue weighted by Gasteiger charge is -2.31. The zero-order chi connectivity index (χ0) is 19.9. The number of likely N-dealkylation sites (tertiary alicyclic amines) is 2. The maximum absolute atomic E-state index is 13.3. The lowest BCUT2D eigenvalue weighted by Crippen LogP contribution is -2.42. The third kappa shape index (κ3) is 3.99. The summed E-state index contributed by atoms with van der Waals surface area (Å²) in [5, 5.41) is 4.55. The number of nitrogens with one attached hydrogen (secondary N) is 2. The minimum absolute atomic E-state index is 0.0992. The average molecular weight is 390 g/mol. The Labute approximate surface area is 164 Å². The summed E-state index contributed by atoms with van der Waals surface area (Å²) in [4.78, 5) is 19.8. The Hall–Kier alpha value is -2.15. The first-order valence-corrected chi connectivity index (χ1v) is 10.1. The van der Waals surface area contributed by atoms with Crippen LogP contribution >= 0.6 is 0 Å². The number of halogens is 2. The number of nitrogens with zero attached hydrogens (tertiary/aromatic N) is 2. The molecule has 2 saturated heterocycles. The van der Waals surface area contributed by atoms with Crippen molar-refractivity contribution in [1.82, 2.24) is 14.8 Å². The third-order valence-electron chi connectivity index (χ3n) is 5.95. The van der Waals surface area contributed by atoms with Gasteiger partial charge in [0.05, 0.1) is 0 Å². The quantitative estimate of drug-likeness (QED) is 0.832. The Kier molecular flexibility index (Phi) is 5.04. The van der Waals surface area contributed by atoms with Crippen molar-refractivity contribution < 1.29 is 13.6 Å². The topological polar surface area (TPSA) is 51.4 Å². The van der Waals surface area contributed by atoms with Gasteiger partial charge in [-0.05, 0) is 44.5 Å². The molecule has 152 valence electrons. The van der Waals surface area contributed by atoms with E-state index in [4.69, 9.17) is 0 Å². The smallest absolute Gasteiger partial charge is 0.270 e. The number of benzene rings is 1. The Bertz CT molecular complexity index is 853. The van der Waals surface area contributed by atoms with Crippen LogP contribution in [0.3, 0.4) is 0 Å². The molecular weight excluding hydrogens is 362 g/mol. The summed E-state index contributed by atoms with van der Waals surface area (Å²) in [6.07, 6.45) is 0.594. The summed E-state index contributed by atoms with van der Waals surface area (Å²) >= 11 is 0. The van der Waals surface area contributed by atoms with E-state index in [0.29, 0.717) is 17.8 Å². The van der Waals surface area contributed by atoms with Crippen molar-refractivity contribution in [3.05, 3.63) is 30.0 Å². The lowest BCUT2D eigenvalue weighted by atomic mass is 10.1. The number of aromatic nitrogens is 1. The van der Waals surface area contributed by atoms with Crippen molar-refractivity contribution in [2.45, 2.75) is 51.1 Å². The number of carbonyl (C=O) groups excluding carboxylic acids is 1. The van der Waals surface area contributed by atoms with Gasteiger partial charge in [-0.15, -0.1) is 0 Å². The van der Waals surface area contributed by atoms with Crippen LogP contribution in [0.4, 0.5) is 14.5 Å². The van der Waals surface area contributed by atoms with E-state index in [2.05, 4.69) is 29.0 Å². The van der Waals surface area contributed by atoms with Crippen LogP contribution in [0.15, 0.2) is 24.3 Å².